The van der Waals surface area contributed by atoms with Gasteiger partial charge in [-0.1, -0.05) is 39.0 Å². The number of anilines is 2. The molecule has 0 aliphatic heterocycles. The minimum atomic E-state index is -0.407. The van der Waals surface area contributed by atoms with Crippen molar-refractivity contribution >= 4 is 23.2 Å². The molecule has 0 fully saturated rings. The fraction of sp³-hybridized carbons (Fsp3) is 0.250. The summed E-state index contributed by atoms with van der Waals surface area (Å²) in [6.45, 7) is 6.20. The van der Waals surface area contributed by atoms with Crippen molar-refractivity contribution in [1.29, 1.82) is 5.26 Å². The molecular weight excluding hydrogens is 314 g/mol. The lowest BCUT2D eigenvalue weighted by atomic mass is 9.86. The van der Waals surface area contributed by atoms with Crippen molar-refractivity contribution in [3.63, 3.8) is 0 Å². The number of carbonyl (C=O) groups is 2. The molecule has 0 heterocycles. The second-order valence-electron chi connectivity index (χ2n) is 6.76. The van der Waals surface area contributed by atoms with Crippen LogP contribution in [-0.2, 0) is 15.0 Å². The molecule has 5 heteroatoms. The lowest BCUT2D eigenvalue weighted by Gasteiger charge is -2.22. The summed E-state index contributed by atoms with van der Waals surface area (Å²) in [6, 6.07) is 16.0. The molecular formula is C20H21N3O2. The third kappa shape index (κ3) is 5.18. The Bertz CT molecular complexity index is 812. The fourth-order valence-corrected chi connectivity index (χ4v) is 2.42. The molecule has 0 spiro atoms. The normalized spacial score (nSPS) is 10.6. The van der Waals surface area contributed by atoms with Crippen LogP contribution in [0.3, 0.4) is 0 Å². The number of hydrogen-bond donors (Lipinski definition) is 2. The molecule has 0 saturated carbocycles. The first-order valence-corrected chi connectivity index (χ1v) is 7.99. The molecule has 2 N–H and O–H groups in total. The van der Waals surface area contributed by atoms with Crippen LogP contribution in [0.5, 0.6) is 0 Å². The molecule has 0 radical (unpaired) electrons. The zero-order valence-electron chi connectivity index (χ0n) is 14.6. The molecule has 0 saturated heterocycles. The van der Waals surface area contributed by atoms with Crippen LogP contribution in [0.1, 0.15) is 38.3 Å². The summed E-state index contributed by atoms with van der Waals surface area (Å²) < 4.78 is 0. The quantitative estimate of drug-likeness (QED) is 0.833. The predicted octanol–water partition coefficient (Wildman–Crippen LogP) is 3.82. The van der Waals surface area contributed by atoms with Gasteiger partial charge in [0.05, 0.1) is 11.6 Å². The van der Waals surface area contributed by atoms with Gasteiger partial charge < -0.3 is 10.6 Å². The Morgan fingerprint density at radius 1 is 0.960 bits per heavy atom. The van der Waals surface area contributed by atoms with Gasteiger partial charge in [-0.15, -0.1) is 0 Å². The van der Waals surface area contributed by atoms with Crippen molar-refractivity contribution < 1.29 is 9.59 Å². The second kappa shape index (κ2) is 7.63. The molecule has 2 aromatic carbocycles. The van der Waals surface area contributed by atoms with Gasteiger partial charge in [0.25, 0.3) is 0 Å². The van der Waals surface area contributed by atoms with Gasteiger partial charge in [0.2, 0.25) is 11.8 Å². The van der Waals surface area contributed by atoms with Gasteiger partial charge in [0.1, 0.15) is 6.42 Å². The van der Waals surface area contributed by atoms with Crippen LogP contribution in [0.2, 0.25) is 0 Å². The predicted molar refractivity (Wildman–Crippen MR) is 98.2 cm³/mol. The number of nitrogens with one attached hydrogen (secondary N) is 2. The van der Waals surface area contributed by atoms with E-state index in [1.54, 1.807) is 24.3 Å². The van der Waals surface area contributed by atoms with Crippen LogP contribution in [0.25, 0.3) is 0 Å². The first-order chi connectivity index (χ1) is 11.8. The van der Waals surface area contributed by atoms with E-state index in [4.69, 9.17) is 5.26 Å². The molecule has 2 aromatic rings. The summed E-state index contributed by atoms with van der Waals surface area (Å²) in [6.07, 6.45) is -0.279. The van der Waals surface area contributed by atoms with Crippen LogP contribution in [0.15, 0.2) is 48.5 Å². The Balaban J connectivity index is 1.98. The van der Waals surface area contributed by atoms with Gasteiger partial charge in [-0.25, -0.2) is 0 Å². The Labute approximate surface area is 147 Å². The van der Waals surface area contributed by atoms with Crippen LogP contribution in [0.4, 0.5) is 11.4 Å². The van der Waals surface area contributed by atoms with Gasteiger partial charge in [0.15, 0.2) is 0 Å². The van der Waals surface area contributed by atoms with Crippen molar-refractivity contribution in [2.24, 2.45) is 0 Å². The Morgan fingerprint density at radius 3 is 2.16 bits per heavy atom. The maximum Gasteiger partial charge on any atom is 0.233 e. The van der Waals surface area contributed by atoms with Gasteiger partial charge >= 0.3 is 0 Å². The first-order valence-electron chi connectivity index (χ1n) is 7.99. The molecule has 2 rings (SSSR count). The van der Waals surface area contributed by atoms with Crippen LogP contribution in [0, 0.1) is 11.3 Å². The lowest BCUT2D eigenvalue weighted by Crippen LogP contribution is -2.23. The van der Waals surface area contributed by atoms with Gasteiger partial charge in [-0.3, -0.25) is 9.59 Å². The number of hydrogen-bond acceptors (Lipinski definition) is 3. The van der Waals surface area contributed by atoms with E-state index in [1.807, 2.05) is 30.3 Å². The van der Waals surface area contributed by atoms with Gasteiger partial charge in [-0.05, 0) is 41.3 Å². The minimum absolute atomic E-state index is 0.116. The zero-order valence-corrected chi connectivity index (χ0v) is 14.6. The largest absolute Gasteiger partial charge is 0.326 e. The second-order valence-corrected chi connectivity index (χ2v) is 6.76. The number of nitriles is 1. The van der Waals surface area contributed by atoms with E-state index in [1.165, 1.54) is 0 Å². The van der Waals surface area contributed by atoms with E-state index < -0.39 is 5.91 Å². The maximum absolute atomic E-state index is 12.2. The smallest absolute Gasteiger partial charge is 0.233 e. The molecule has 128 valence electrons. The van der Waals surface area contributed by atoms with E-state index >= 15 is 0 Å². The summed E-state index contributed by atoms with van der Waals surface area (Å²) in [4.78, 5) is 24.2. The van der Waals surface area contributed by atoms with Gasteiger partial charge in [-0.2, -0.15) is 5.26 Å². The van der Waals surface area contributed by atoms with E-state index in [-0.39, 0.29) is 17.7 Å². The van der Waals surface area contributed by atoms with Crippen molar-refractivity contribution in [3.8, 4) is 6.07 Å². The standard InChI is InChI=1S/C20H21N3O2/c1-20(2,3)16-6-4-5-7-17(16)23-19(25)12-18(24)22-15-10-8-14(13-21)9-11-15/h4-11H,12H2,1-3H3,(H,22,24)(H,23,25). The highest BCUT2D eigenvalue weighted by atomic mass is 16.2. The van der Waals surface area contributed by atoms with Crippen LogP contribution < -0.4 is 10.6 Å². The van der Waals surface area contributed by atoms with Crippen LogP contribution >= 0.6 is 0 Å². The summed E-state index contributed by atoms with van der Waals surface area (Å²) in [7, 11) is 0. The maximum atomic E-state index is 12.2. The Morgan fingerprint density at radius 2 is 1.56 bits per heavy atom. The molecule has 0 bridgehead atoms. The lowest BCUT2D eigenvalue weighted by molar-refractivity contribution is -0.123. The van der Waals surface area contributed by atoms with E-state index in [0.717, 1.165) is 5.56 Å². The monoisotopic (exact) mass is 335 g/mol. The van der Waals surface area contributed by atoms with Crippen molar-refractivity contribution in [3.05, 3.63) is 59.7 Å². The minimum Gasteiger partial charge on any atom is -0.326 e. The van der Waals surface area contributed by atoms with Gasteiger partial charge in [0, 0.05) is 11.4 Å². The third-order valence-corrected chi connectivity index (χ3v) is 3.63. The number of nitrogens with zero attached hydrogens (tertiary/aromatic N) is 1. The average Bonchev–Trinajstić information content (AvgIpc) is 2.54. The zero-order chi connectivity index (χ0) is 18.4. The molecule has 0 aliphatic rings. The summed E-state index contributed by atoms with van der Waals surface area (Å²) in [5.74, 6) is -0.779. The van der Waals surface area contributed by atoms with Crippen LogP contribution in [-0.4, -0.2) is 11.8 Å². The first kappa shape index (κ1) is 18.2. The third-order valence-electron chi connectivity index (χ3n) is 3.63. The molecule has 0 atom stereocenters. The van der Waals surface area contributed by atoms with Crippen molar-refractivity contribution in [2.45, 2.75) is 32.6 Å². The van der Waals surface area contributed by atoms with E-state index in [2.05, 4.69) is 31.4 Å². The molecule has 0 unspecified atom stereocenters. The summed E-state index contributed by atoms with van der Waals surface area (Å²) in [5, 5.41) is 14.2. The summed E-state index contributed by atoms with van der Waals surface area (Å²) >= 11 is 0. The molecule has 2 amide bonds. The molecule has 5 nitrogen and oxygen atoms in total. The highest BCUT2D eigenvalue weighted by Gasteiger charge is 2.19. The van der Waals surface area contributed by atoms with E-state index in [0.29, 0.717) is 16.9 Å². The SMILES string of the molecule is CC(C)(C)c1ccccc1NC(=O)CC(=O)Nc1ccc(C#N)cc1. The molecule has 0 aromatic heterocycles. The number of benzene rings is 2. The highest BCUT2D eigenvalue weighted by molar-refractivity contribution is 6.08. The molecule has 0 aliphatic carbocycles. The topological polar surface area (TPSA) is 82.0 Å². The average molecular weight is 335 g/mol. The van der Waals surface area contributed by atoms with Crippen molar-refractivity contribution in [2.75, 3.05) is 10.6 Å². The van der Waals surface area contributed by atoms with Crippen molar-refractivity contribution in [1.82, 2.24) is 0 Å². The van der Waals surface area contributed by atoms with E-state index in [9.17, 15) is 9.59 Å². The Hall–Kier alpha value is -3.13. The highest BCUT2D eigenvalue weighted by Crippen LogP contribution is 2.29. The molecule has 25 heavy (non-hydrogen) atoms. The Kier molecular flexibility index (Phi) is 5.56. The fourth-order valence-electron chi connectivity index (χ4n) is 2.42. The number of para-hydroxylation sites is 1. The summed E-state index contributed by atoms with van der Waals surface area (Å²) in [5.41, 5.74) is 2.66. The number of amides is 2. The number of rotatable bonds is 4. The number of carbonyl (C=O) groups excluding carboxylic acids is 2.